The lowest BCUT2D eigenvalue weighted by Crippen LogP contribution is -2.30. The Bertz CT molecular complexity index is 1010. The average molecular weight is 348 g/mol. The Hall–Kier alpha value is -2.36. The highest BCUT2D eigenvalue weighted by atomic mass is 15.4. The number of benzene rings is 1. The molecule has 0 saturated heterocycles. The smallest absolute Gasteiger partial charge is 0.0722 e. The molecule has 136 valence electrons. The van der Waals surface area contributed by atoms with Gasteiger partial charge in [-0.25, -0.2) is 0 Å². The molecule has 0 spiro atoms. The van der Waals surface area contributed by atoms with E-state index >= 15 is 0 Å². The molecule has 4 nitrogen and oxygen atoms in total. The zero-order valence-electron chi connectivity index (χ0n) is 16.5. The summed E-state index contributed by atoms with van der Waals surface area (Å²) in [5.41, 5.74) is 7.38. The molecule has 1 N–H and O–H groups in total. The summed E-state index contributed by atoms with van der Waals surface area (Å²) in [5, 5.41) is 9.33. The van der Waals surface area contributed by atoms with Crippen LogP contribution in [0.1, 0.15) is 50.6 Å². The topological polar surface area (TPSA) is 44.3 Å². The highest BCUT2D eigenvalue weighted by Gasteiger charge is 2.33. The maximum Gasteiger partial charge on any atom is 0.0722 e. The molecule has 0 fully saturated rings. The van der Waals surface area contributed by atoms with Crippen LogP contribution in [0.3, 0.4) is 0 Å². The minimum Gasteiger partial charge on any atom is -0.354 e. The highest BCUT2D eigenvalue weighted by molar-refractivity contribution is 6.18. The Balaban J connectivity index is 2.11. The molecule has 4 heteroatoms. The molecule has 0 atom stereocenters. The van der Waals surface area contributed by atoms with E-state index < -0.39 is 0 Å². The zero-order valence-corrected chi connectivity index (χ0v) is 16.5. The maximum atomic E-state index is 5.19. The standard InChI is InChI=1S/C22H28N4/c1-6-9-16-19-14-10-7-8-11-15(14)24-21(19)20-17(23-16)12-22(2,3)13-18(20)25-26(4)5/h7-8,10-11,24H,6,9,12-13H2,1-5H3/b25-18+. The molecule has 26 heavy (non-hydrogen) atoms. The third-order valence-electron chi connectivity index (χ3n) is 5.19. The number of hydrogen-bond donors (Lipinski definition) is 1. The third kappa shape index (κ3) is 2.77. The Morgan fingerprint density at radius 1 is 1.19 bits per heavy atom. The molecule has 0 amide bonds. The van der Waals surface area contributed by atoms with Gasteiger partial charge in [-0.2, -0.15) is 5.10 Å². The Kier molecular flexibility index (Phi) is 4.02. The van der Waals surface area contributed by atoms with Crippen LogP contribution in [0.2, 0.25) is 0 Å². The van der Waals surface area contributed by atoms with Crippen LogP contribution in [-0.2, 0) is 12.8 Å². The second kappa shape index (κ2) is 6.11. The van der Waals surface area contributed by atoms with E-state index in [4.69, 9.17) is 10.1 Å². The summed E-state index contributed by atoms with van der Waals surface area (Å²) in [4.78, 5) is 8.88. The van der Waals surface area contributed by atoms with E-state index in [2.05, 4.69) is 50.0 Å². The van der Waals surface area contributed by atoms with Crippen molar-refractivity contribution in [2.75, 3.05) is 14.1 Å². The molecule has 0 radical (unpaired) electrons. The van der Waals surface area contributed by atoms with Gasteiger partial charge in [-0.05, 0) is 30.7 Å². The van der Waals surface area contributed by atoms with E-state index in [1.165, 1.54) is 38.8 Å². The highest BCUT2D eigenvalue weighted by Crippen LogP contribution is 2.40. The largest absolute Gasteiger partial charge is 0.354 e. The van der Waals surface area contributed by atoms with E-state index in [-0.39, 0.29) is 5.41 Å². The summed E-state index contributed by atoms with van der Waals surface area (Å²) in [7, 11) is 3.99. The van der Waals surface area contributed by atoms with Gasteiger partial charge in [0.2, 0.25) is 0 Å². The molecule has 1 aliphatic carbocycles. The van der Waals surface area contributed by atoms with Gasteiger partial charge < -0.3 is 9.99 Å². The number of hydrazone groups is 1. The first-order chi connectivity index (χ1) is 12.4. The summed E-state index contributed by atoms with van der Waals surface area (Å²) in [6.45, 7) is 6.86. The lowest BCUT2D eigenvalue weighted by molar-refractivity contribution is 0.359. The summed E-state index contributed by atoms with van der Waals surface area (Å²) < 4.78 is 0. The summed E-state index contributed by atoms with van der Waals surface area (Å²) >= 11 is 0. The van der Waals surface area contributed by atoms with Crippen molar-refractivity contribution in [3.63, 3.8) is 0 Å². The van der Waals surface area contributed by atoms with Crippen molar-refractivity contribution >= 4 is 27.5 Å². The van der Waals surface area contributed by atoms with Gasteiger partial charge >= 0.3 is 0 Å². The van der Waals surface area contributed by atoms with Crippen molar-refractivity contribution in [3.8, 4) is 0 Å². The van der Waals surface area contributed by atoms with Crippen LogP contribution in [0, 0.1) is 5.41 Å². The summed E-state index contributed by atoms with van der Waals surface area (Å²) in [6, 6.07) is 8.57. The fourth-order valence-electron chi connectivity index (χ4n) is 4.29. The van der Waals surface area contributed by atoms with E-state index in [1.807, 2.05) is 19.1 Å². The Morgan fingerprint density at radius 2 is 1.96 bits per heavy atom. The molecule has 1 aromatic carbocycles. The number of rotatable bonds is 3. The minimum atomic E-state index is 0.179. The van der Waals surface area contributed by atoms with Crippen LogP contribution in [0.25, 0.3) is 21.8 Å². The lowest BCUT2D eigenvalue weighted by Gasteiger charge is -2.32. The number of aromatic nitrogens is 2. The van der Waals surface area contributed by atoms with Crippen LogP contribution in [0.15, 0.2) is 29.4 Å². The lowest BCUT2D eigenvalue weighted by atomic mass is 9.74. The molecule has 0 bridgehead atoms. The van der Waals surface area contributed by atoms with Crippen molar-refractivity contribution in [2.45, 2.75) is 46.5 Å². The number of aromatic amines is 1. The monoisotopic (exact) mass is 348 g/mol. The van der Waals surface area contributed by atoms with Crippen molar-refractivity contribution in [3.05, 3.63) is 41.2 Å². The van der Waals surface area contributed by atoms with Gasteiger partial charge in [0.25, 0.3) is 0 Å². The SMILES string of the molecule is CCCc1nc2c(c3[nH]c4ccccc4c13)/C(=N/N(C)C)CC(C)(C)C2. The van der Waals surface area contributed by atoms with Crippen LogP contribution >= 0.6 is 0 Å². The van der Waals surface area contributed by atoms with Crippen molar-refractivity contribution in [2.24, 2.45) is 10.5 Å². The van der Waals surface area contributed by atoms with E-state index in [0.717, 1.165) is 31.4 Å². The first kappa shape index (κ1) is 17.1. The molecular weight excluding hydrogens is 320 g/mol. The fraction of sp³-hybridized carbons (Fsp3) is 0.455. The molecule has 4 rings (SSSR count). The van der Waals surface area contributed by atoms with Gasteiger partial charge in [0, 0.05) is 35.9 Å². The van der Waals surface area contributed by atoms with Gasteiger partial charge in [0.1, 0.15) is 0 Å². The molecular formula is C22H28N4. The second-order valence-electron chi connectivity index (χ2n) is 8.46. The quantitative estimate of drug-likeness (QED) is 0.684. The third-order valence-corrected chi connectivity index (χ3v) is 5.19. The number of para-hydroxylation sites is 1. The fourth-order valence-corrected chi connectivity index (χ4v) is 4.29. The minimum absolute atomic E-state index is 0.179. The van der Waals surface area contributed by atoms with Crippen molar-refractivity contribution in [1.82, 2.24) is 15.0 Å². The predicted molar refractivity (Wildman–Crippen MR) is 110 cm³/mol. The van der Waals surface area contributed by atoms with Gasteiger partial charge in [0.05, 0.1) is 22.6 Å². The zero-order chi connectivity index (χ0) is 18.5. The van der Waals surface area contributed by atoms with Gasteiger partial charge in [-0.3, -0.25) is 4.98 Å². The molecule has 2 heterocycles. The number of pyridine rings is 1. The van der Waals surface area contributed by atoms with Crippen molar-refractivity contribution in [1.29, 1.82) is 0 Å². The number of hydrogen-bond acceptors (Lipinski definition) is 3. The number of fused-ring (bicyclic) bond motifs is 5. The second-order valence-corrected chi connectivity index (χ2v) is 8.46. The predicted octanol–water partition coefficient (Wildman–Crippen LogP) is 4.91. The molecule has 1 aliphatic rings. The number of H-pyrrole nitrogens is 1. The van der Waals surface area contributed by atoms with E-state index in [0.29, 0.717) is 0 Å². The van der Waals surface area contributed by atoms with Crippen LogP contribution in [-0.4, -0.2) is 34.8 Å². The molecule has 0 unspecified atom stereocenters. The first-order valence-corrected chi connectivity index (χ1v) is 9.57. The van der Waals surface area contributed by atoms with Gasteiger partial charge in [-0.1, -0.05) is 45.4 Å². The van der Waals surface area contributed by atoms with Gasteiger partial charge in [0.15, 0.2) is 0 Å². The molecule has 0 aliphatic heterocycles. The molecule has 3 aromatic rings. The molecule has 2 aromatic heterocycles. The summed E-state index contributed by atoms with van der Waals surface area (Å²) in [6.07, 6.45) is 4.07. The number of aryl methyl sites for hydroxylation is 1. The van der Waals surface area contributed by atoms with Gasteiger partial charge in [-0.15, -0.1) is 0 Å². The van der Waals surface area contributed by atoms with E-state index in [1.54, 1.807) is 0 Å². The van der Waals surface area contributed by atoms with E-state index in [9.17, 15) is 0 Å². The van der Waals surface area contributed by atoms with Crippen molar-refractivity contribution < 1.29 is 0 Å². The first-order valence-electron chi connectivity index (χ1n) is 9.57. The summed E-state index contributed by atoms with van der Waals surface area (Å²) in [5.74, 6) is 0. The van der Waals surface area contributed by atoms with Crippen LogP contribution in [0.5, 0.6) is 0 Å². The average Bonchev–Trinajstić information content (AvgIpc) is 2.92. The molecule has 0 saturated carbocycles. The number of nitrogens with zero attached hydrogens (tertiary/aromatic N) is 3. The Labute approximate surface area is 155 Å². The number of nitrogens with one attached hydrogen (secondary N) is 1. The normalized spacial score (nSPS) is 17.8. The van der Waals surface area contributed by atoms with Crippen LogP contribution < -0.4 is 0 Å². The van der Waals surface area contributed by atoms with Crippen LogP contribution in [0.4, 0.5) is 0 Å². The maximum absolute atomic E-state index is 5.19. The Morgan fingerprint density at radius 3 is 2.69 bits per heavy atom.